The van der Waals surface area contributed by atoms with Crippen molar-refractivity contribution in [2.75, 3.05) is 41.3 Å². The number of hydrogen-bond acceptors (Lipinski definition) is 5. The van der Waals surface area contributed by atoms with Gasteiger partial charge >= 0.3 is 0 Å². The minimum atomic E-state index is -0.784. The van der Waals surface area contributed by atoms with Crippen LogP contribution in [0.2, 0.25) is 0 Å². The third-order valence-corrected chi connectivity index (χ3v) is 7.42. The van der Waals surface area contributed by atoms with Crippen molar-refractivity contribution in [3.05, 3.63) is 114 Å². The van der Waals surface area contributed by atoms with Crippen LogP contribution in [0.1, 0.15) is 21.7 Å². The summed E-state index contributed by atoms with van der Waals surface area (Å²) >= 11 is 0. The van der Waals surface area contributed by atoms with Crippen molar-refractivity contribution < 1.29 is 14.0 Å². The van der Waals surface area contributed by atoms with Crippen LogP contribution in [0.3, 0.4) is 0 Å². The van der Waals surface area contributed by atoms with Gasteiger partial charge in [-0.3, -0.25) is 9.59 Å². The van der Waals surface area contributed by atoms with Crippen LogP contribution in [0, 0.1) is 19.7 Å². The molecule has 0 atom stereocenters. The van der Waals surface area contributed by atoms with E-state index in [4.69, 9.17) is 4.98 Å². The second kappa shape index (κ2) is 10.9. The first-order valence-corrected chi connectivity index (χ1v) is 13.6. The van der Waals surface area contributed by atoms with Gasteiger partial charge in [0.2, 0.25) is 0 Å². The van der Waals surface area contributed by atoms with Gasteiger partial charge in [-0.25, -0.2) is 9.37 Å². The van der Waals surface area contributed by atoms with E-state index in [1.165, 1.54) is 22.2 Å². The number of hydrogen-bond donors (Lipinski definition) is 1. The van der Waals surface area contributed by atoms with Crippen molar-refractivity contribution in [3.63, 3.8) is 0 Å². The smallest absolute Gasteiger partial charge is 0.298 e. The maximum atomic E-state index is 14.1. The van der Waals surface area contributed by atoms with Crippen LogP contribution in [0.5, 0.6) is 0 Å². The molecule has 1 aliphatic heterocycles. The lowest BCUT2D eigenvalue weighted by Crippen LogP contribution is -2.46. The summed E-state index contributed by atoms with van der Waals surface area (Å²) in [7, 11) is 0. The molecule has 0 saturated carbocycles. The number of rotatable bonds is 6. The van der Waals surface area contributed by atoms with Crippen LogP contribution in [0.4, 0.5) is 21.6 Å². The number of nitrogens with one attached hydrogen (secondary N) is 1. The number of aryl methyl sites for hydroxylation is 2. The predicted octanol–water partition coefficient (Wildman–Crippen LogP) is 5.91. The van der Waals surface area contributed by atoms with E-state index in [-0.39, 0.29) is 5.69 Å². The van der Waals surface area contributed by atoms with E-state index in [0.29, 0.717) is 16.8 Å². The molecule has 2 aromatic carbocycles. The number of aromatic nitrogens is 2. The van der Waals surface area contributed by atoms with Gasteiger partial charge in [0, 0.05) is 60.5 Å². The Labute approximate surface area is 237 Å². The minimum Gasteiger partial charge on any atom is -0.368 e. The molecule has 1 fully saturated rings. The Hall–Kier alpha value is -4.98. The van der Waals surface area contributed by atoms with Crippen LogP contribution in [-0.2, 0) is 4.79 Å². The topological polar surface area (TPSA) is 70.0 Å². The summed E-state index contributed by atoms with van der Waals surface area (Å²) in [6.07, 6.45) is 1.23. The summed E-state index contributed by atoms with van der Waals surface area (Å²) in [5.74, 6) is -1.01. The highest BCUT2D eigenvalue weighted by atomic mass is 19.1. The molecule has 206 valence electrons. The summed E-state index contributed by atoms with van der Waals surface area (Å²) in [5.41, 5.74) is 5.87. The molecule has 1 amide bonds. The molecule has 0 spiro atoms. The fourth-order valence-corrected chi connectivity index (χ4v) is 5.44. The third-order valence-electron chi connectivity index (χ3n) is 7.42. The number of Topliss-reactive ketones (excluding diaryl/α,β-unsaturated/α-hetero) is 1. The first-order valence-electron chi connectivity index (χ1n) is 13.6. The summed E-state index contributed by atoms with van der Waals surface area (Å²) in [4.78, 5) is 35.9. The van der Waals surface area contributed by atoms with Gasteiger partial charge in [0.05, 0.1) is 0 Å². The van der Waals surface area contributed by atoms with Gasteiger partial charge in [0.1, 0.15) is 17.3 Å². The number of anilines is 3. The second-order valence-corrected chi connectivity index (χ2v) is 10.4. The van der Waals surface area contributed by atoms with E-state index in [9.17, 15) is 14.0 Å². The van der Waals surface area contributed by atoms with E-state index in [2.05, 4.69) is 34.2 Å². The van der Waals surface area contributed by atoms with E-state index in [1.807, 2.05) is 49.4 Å². The Morgan fingerprint density at radius 1 is 0.829 bits per heavy atom. The van der Waals surface area contributed by atoms with Crippen molar-refractivity contribution in [1.82, 2.24) is 9.38 Å². The molecule has 6 rings (SSSR count). The highest BCUT2D eigenvalue weighted by Gasteiger charge is 2.25. The van der Waals surface area contributed by atoms with Crippen molar-refractivity contribution >= 4 is 34.4 Å². The highest BCUT2D eigenvalue weighted by molar-refractivity contribution is 6.47. The van der Waals surface area contributed by atoms with E-state index in [0.717, 1.165) is 48.9 Å². The van der Waals surface area contributed by atoms with Gasteiger partial charge in [0.25, 0.3) is 11.7 Å². The van der Waals surface area contributed by atoms with Crippen LogP contribution >= 0.6 is 0 Å². The molecular formula is C33H30FN5O2. The number of ketones is 1. The molecule has 0 bridgehead atoms. The number of carbonyl (C=O) groups is 2. The van der Waals surface area contributed by atoms with Gasteiger partial charge in [-0.2, -0.15) is 0 Å². The number of amides is 1. The molecule has 0 radical (unpaired) electrons. The number of halogens is 1. The fraction of sp³-hybridized carbons (Fsp3) is 0.182. The number of benzene rings is 2. The molecule has 1 aliphatic rings. The van der Waals surface area contributed by atoms with Gasteiger partial charge in [-0.05, 0) is 79.6 Å². The number of nitrogens with zero attached hydrogens (tertiary/aromatic N) is 4. The summed E-state index contributed by atoms with van der Waals surface area (Å²) in [6, 6.07) is 25.7. The monoisotopic (exact) mass is 547 g/mol. The lowest BCUT2D eigenvalue weighted by atomic mass is 10.0. The van der Waals surface area contributed by atoms with E-state index < -0.39 is 17.5 Å². The van der Waals surface area contributed by atoms with E-state index in [1.54, 1.807) is 24.3 Å². The van der Waals surface area contributed by atoms with Crippen molar-refractivity contribution in [2.24, 2.45) is 0 Å². The number of pyridine rings is 2. The standard InChI is InChI=1S/C33H30FN5O2/c1-22-18-23(2)35-30(19-22)38-16-14-37(15-17-38)27-12-9-26(10-13-27)36-33(41)32(40)31-29(24-6-4-3-5-7-24)20-28-11-8-25(34)21-39(28)31/h3-13,18-21H,14-17H2,1-2H3,(H,36,41). The number of piperazine rings is 1. The lowest BCUT2D eigenvalue weighted by Gasteiger charge is -2.37. The van der Waals surface area contributed by atoms with Gasteiger partial charge < -0.3 is 19.5 Å². The normalized spacial score (nSPS) is 13.4. The lowest BCUT2D eigenvalue weighted by molar-refractivity contribution is -0.112. The molecule has 5 aromatic rings. The quantitative estimate of drug-likeness (QED) is 0.212. The average molecular weight is 548 g/mol. The molecule has 8 heteroatoms. The van der Waals surface area contributed by atoms with Gasteiger partial charge in [-0.1, -0.05) is 30.3 Å². The largest absolute Gasteiger partial charge is 0.368 e. The van der Waals surface area contributed by atoms with E-state index >= 15 is 0 Å². The van der Waals surface area contributed by atoms with Gasteiger partial charge in [-0.15, -0.1) is 0 Å². The Morgan fingerprint density at radius 2 is 1.54 bits per heavy atom. The Bertz CT molecular complexity index is 1720. The van der Waals surface area contributed by atoms with Crippen molar-refractivity contribution in [1.29, 1.82) is 0 Å². The third kappa shape index (κ3) is 5.41. The van der Waals surface area contributed by atoms with Gasteiger partial charge in [0.15, 0.2) is 0 Å². The zero-order valence-corrected chi connectivity index (χ0v) is 23.0. The molecular weight excluding hydrogens is 517 g/mol. The number of fused-ring (bicyclic) bond motifs is 1. The number of carbonyl (C=O) groups excluding carboxylic acids is 2. The van der Waals surface area contributed by atoms with Crippen LogP contribution < -0.4 is 15.1 Å². The zero-order chi connectivity index (χ0) is 28.5. The molecule has 3 aromatic heterocycles. The maximum absolute atomic E-state index is 14.1. The highest BCUT2D eigenvalue weighted by Crippen LogP contribution is 2.29. The molecule has 1 N–H and O–H groups in total. The fourth-order valence-electron chi connectivity index (χ4n) is 5.44. The Balaban J connectivity index is 1.16. The summed E-state index contributed by atoms with van der Waals surface area (Å²) < 4.78 is 15.6. The SMILES string of the molecule is Cc1cc(C)nc(N2CCN(c3ccc(NC(=O)C(=O)c4c(-c5ccccc5)cc5ccc(F)cn45)cc3)CC2)c1. The molecule has 1 saturated heterocycles. The summed E-state index contributed by atoms with van der Waals surface area (Å²) in [5, 5.41) is 2.73. The zero-order valence-electron chi connectivity index (χ0n) is 23.0. The minimum absolute atomic E-state index is 0.121. The maximum Gasteiger partial charge on any atom is 0.298 e. The van der Waals surface area contributed by atoms with Crippen LogP contribution in [-0.4, -0.2) is 47.3 Å². The average Bonchev–Trinajstić information content (AvgIpc) is 3.36. The molecule has 4 heterocycles. The predicted molar refractivity (Wildman–Crippen MR) is 160 cm³/mol. The van der Waals surface area contributed by atoms with Crippen molar-refractivity contribution in [2.45, 2.75) is 13.8 Å². The molecule has 0 unspecified atom stereocenters. The second-order valence-electron chi connectivity index (χ2n) is 10.4. The Morgan fingerprint density at radius 3 is 2.24 bits per heavy atom. The van der Waals surface area contributed by atoms with Crippen molar-refractivity contribution in [3.8, 4) is 11.1 Å². The summed E-state index contributed by atoms with van der Waals surface area (Å²) in [6.45, 7) is 7.52. The first kappa shape index (κ1) is 26.3. The molecule has 41 heavy (non-hydrogen) atoms. The molecule has 7 nitrogen and oxygen atoms in total. The first-order chi connectivity index (χ1) is 19.9. The van der Waals surface area contributed by atoms with Crippen LogP contribution in [0.15, 0.2) is 91.1 Å². The molecule has 0 aliphatic carbocycles. The Kier molecular flexibility index (Phi) is 6.97. The van der Waals surface area contributed by atoms with Crippen LogP contribution in [0.25, 0.3) is 16.6 Å².